The predicted molar refractivity (Wildman–Crippen MR) is 96.7 cm³/mol. The summed E-state index contributed by atoms with van der Waals surface area (Å²) in [6.45, 7) is 14.7. The van der Waals surface area contributed by atoms with E-state index in [2.05, 4.69) is 6.92 Å². The van der Waals surface area contributed by atoms with Gasteiger partial charge in [0.1, 0.15) is 0 Å². The third-order valence-electron chi connectivity index (χ3n) is 2.04. The van der Waals surface area contributed by atoms with Crippen molar-refractivity contribution in [2.45, 2.75) is 27.7 Å². The predicted octanol–water partition coefficient (Wildman–Crippen LogP) is 2.66. The van der Waals surface area contributed by atoms with Gasteiger partial charge in [-0.05, 0) is 27.7 Å². The van der Waals surface area contributed by atoms with E-state index >= 15 is 0 Å². The van der Waals surface area contributed by atoms with Crippen LogP contribution in [-0.2, 0) is 47.6 Å². The Morgan fingerprint density at radius 2 is 1.10 bits per heavy atom. The molecule has 0 fully saturated rings. The van der Waals surface area contributed by atoms with Gasteiger partial charge in [0.2, 0.25) is 0 Å². The smallest absolute Gasteiger partial charge is 0.411 e. The maximum Gasteiger partial charge on any atom is 3.00 e. The average molecular weight is 534 g/mol. The molecule has 8 heteroatoms. The third kappa shape index (κ3) is 20.6. The van der Waals surface area contributed by atoms with E-state index in [1.54, 1.807) is 0 Å². The van der Waals surface area contributed by atoms with Gasteiger partial charge in [-0.3, -0.25) is 0 Å². The van der Waals surface area contributed by atoms with Gasteiger partial charge < -0.3 is 66.4 Å². The Kier molecular flexibility index (Phi) is 30.8. The summed E-state index contributed by atoms with van der Waals surface area (Å²) in [6, 6.07) is 1.50. The Balaban J connectivity index is -0.000000103. The minimum Gasteiger partial charge on any atom is -0.411 e. The zero-order valence-electron chi connectivity index (χ0n) is 12.3. The van der Waals surface area contributed by atoms with Crippen molar-refractivity contribution in [2.75, 3.05) is 26.2 Å². The van der Waals surface area contributed by atoms with E-state index in [9.17, 15) is 0 Å². The summed E-state index contributed by atoms with van der Waals surface area (Å²) in [5, 5.41) is 7.21. The van der Waals surface area contributed by atoms with Gasteiger partial charge in [0, 0.05) is 26.2 Å². The van der Waals surface area contributed by atoms with Crippen molar-refractivity contribution in [3.8, 4) is 6.07 Å². The van der Waals surface area contributed by atoms with E-state index in [1.165, 1.54) is 6.07 Å². The van der Waals surface area contributed by atoms with E-state index in [0.29, 0.717) is 8.64 Å². The molecule has 0 radical (unpaired) electrons. The average Bonchev–Trinajstić information content (AvgIpc) is 2.33. The van der Waals surface area contributed by atoms with Crippen LogP contribution in [-0.4, -0.2) is 44.6 Å². The zero-order valence-corrected chi connectivity index (χ0v) is 17.7. The molecule has 0 aliphatic rings. The van der Waals surface area contributed by atoms with Crippen molar-refractivity contribution in [3.05, 3.63) is 6.92 Å². The molecule has 0 N–H and O–H groups in total. The second-order valence-electron chi connectivity index (χ2n) is 3.03. The Morgan fingerprint density at radius 1 is 0.950 bits per heavy atom. The molecule has 0 saturated carbocycles. The van der Waals surface area contributed by atoms with E-state index < -0.39 is 0 Å². The molecule has 20 heavy (non-hydrogen) atoms. The molecular formula is C12H22AuN3S4. The minimum atomic E-state index is 0. The molecule has 120 valence electrons. The van der Waals surface area contributed by atoms with Gasteiger partial charge in [-0.15, -0.1) is 6.07 Å². The van der Waals surface area contributed by atoms with Gasteiger partial charge in [-0.2, -0.15) is 0 Å². The molecule has 0 amide bonds. The topological polar surface area (TPSA) is 30.3 Å². The summed E-state index contributed by atoms with van der Waals surface area (Å²) < 4.78 is 1.16. The van der Waals surface area contributed by atoms with Crippen molar-refractivity contribution in [2.24, 2.45) is 0 Å². The molecule has 0 aromatic rings. The SMILES string of the molecule is CCN(CC)C(=S)[S-].CCN(CC)C(=S)[S-].[Au+3].[CH2-]C#N. The Hall–Kier alpha value is 0.320. The van der Waals surface area contributed by atoms with Crippen LogP contribution >= 0.6 is 24.4 Å². The second-order valence-corrected chi connectivity index (χ2v) is 5.10. The molecule has 0 bridgehead atoms. The van der Waals surface area contributed by atoms with Crippen molar-refractivity contribution >= 4 is 58.3 Å². The number of hydrogen-bond acceptors (Lipinski definition) is 5. The van der Waals surface area contributed by atoms with Crippen molar-refractivity contribution < 1.29 is 22.4 Å². The summed E-state index contributed by atoms with van der Waals surface area (Å²) in [7, 11) is 0. The third-order valence-corrected chi connectivity index (χ3v) is 3.08. The first-order valence-corrected chi connectivity index (χ1v) is 7.57. The Bertz CT molecular complexity index is 252. The molecule has 0 heterocycles. The summed E-state index contributed by atoms with van der Waals surface area (Å²) in [5.74, 6) is 0. The number of nitriles is 1. The van der Waals surface area contributed by atoms with Crippen LogP contribution in [0.15, 0.2) is 0 Å². The standard InChI is InChI=1S/2C5H11NS2.C2H2N.Au/c2*1-3-6(4-2)5(7)8;1-2-3;/h2*3-4H2,1-2H3,(H,7,8);1H2;/q;;-1;+3/p-2. The maximum absolute atomic E-state index is 7.21. The van der Waals surface area contributed by atoms with Crippen molar-refractivity contribution in [1.82, 2.24) is 9.80 Å². The zero-order chi connectivity index (χ0) is 15.8. The number of thiocarbonyl (C=S) groups is 2. The van der Waals surface area contributed by atoms with Gasteiger partial charge in [-0.25, -0.2) is 5.26 Å². The van der Waals surface area contributed by atoms with Gasteiger partial charge in [0.05, 0.1) is 0 Å². The van der Waals surface area contributed by atoms with E-state index in [1.807, 2.05) is 37.5 Å². The van der Waals surface area contributed by atoms with Crippen LogP contribution in [0.3, 0.4) is 0 Å². The number of nitrogens with zero attached hydrogens (tertiary/aromatic N) is 3. The molecule has 0 spiro atoms. The molecular weight excluding hydrogens is 511 g/mol. The summed E-state index contributed by atoms with van der Waals surface area (Å²) in [4.78, 5) is 3.93. The second kappa shape index (κ2) is 21.6. The minimum absolute atomic E-state index is 0. The normalized spacial score (nSPS) is 7.35. The van der Waals surface area contributed by atoms with Crippen LogP contribution in [0.25, 0.3) is 0 Å². The molecule has 0 rings (SSSR count). The molecule has 0 aliphatic heterocycles. The van der Waals surface area contributed by atoms with E-state index in [-0.39, 0.29) is 22.4 Å². The van der Waals surface area contributed by atoms with E-state index in [0.717, 1.165) is 26.2 Å². The first-order chi connectivity index (χ1) is 8.85. The van der Waals surface area contributed by atoms with Crippen LogP contribution in [0.5, 0.6) is 0 Å². The molecule has 0 aromatic heterocycles. The number of hydrogen-bond donors (Lipinski definition) is 0. The van der Waals surface area contributed by atoms with Crippen LogP contribution in [0.2, 0.25) is 0 Å². The van der Waals surface area contributed by atoms with Crippen molar-refractivity contribution in [3.63, 3.8) is 0 Å². The summed E-state index contributed by atoms with van der Waals surface area (Å²) in [5.41, 5.74) is 0. The Labute approximate surface area is 161 Å². The quantitative estimate of drug-likeness (QED) is 0.238. The Morgan fingerprint density at radius 3 is 1.10 bits per heavy atom. The van der Waals surface area contributed by atoms with Gasteiger partial charge in [0.25, 0.3) is 0 Å². The first-order valence-electron chi connectivity index (χ1n) is 5.93. The van der Waals surface area contributed by atoms with Crippen LogP contribution in [0.1, 0.15) is 27.7 Å². The number of rotatable bonds is 4. The fraction of sp³-hybridized carbons (Fsp3) is 0.667. The maximum atomic E-state index is 7.21. The molecule has 0 aromatic carbocycles. The van der Waals surface area contributed by atoms with E-state index in [4.69, 9.17) is 55.0 Å². The first kappa shape index (κ1) is 28.5. The van der Waals surface area contributed by atoms with Gasteiger partial charge in [-0.1, -0.05) is 8.64 Å². The molecule has 3 nitrogen and oxygen atoms in total. The monoisotopic (exact) mass is 533 g/mol. The van der Waals surface area contributed by atoms with Crippen LogP contribution < -0.4 is 0 Å². The summed E-state index contributed by atoms with van der Waals surface area (Å²) >= 11 is 19.0. The molecule has 0 unspecified atom stereocenters. The van der Waals surface area contributed by atoms with Crippen LogP contribution in [0.4, 0.5) is 0 Å². The van der Waals surface area contributed by atoms with Gasteiger partial charge >= 0.3 is 22.4 Å². The fourth-order valence-corrected chi connectivity index (χ4v) is 2.00. The van der Waals surface area contributed by atoms with Crippen molar-refractivity contribution in [1.29, 1.82) is 5.26 Å². The van der Waals surface area contributed by atoms with Gasteiger partial charge in [0.15, 0.2) is 0 Å². The molecule has 0 saturated heterocycles. The van der Waals surface area contributed by atoms with Crippen LogP contribution in [0, 0.1) is 18.3 Å². The molecule has 0 atom stereocenters. The molecule has 0 aliphatic carbocycles. The fourth-order valence-electron chi connectivity index (χ4n) is 0.964. The largest absolute Gasteiger partial charge is 3.00 e. The summed E-state index contributed by atoms with van der Waals surface area (Å²) in [6.07, 6.45) is 0.